The van der Waals surface area contributed by atoms with Crippen LogP contribution in [0.3, 0.4) is 0 Å². The van der Waals surface area contributed by atoms with Crippen molar-refractivity contribution in [2.24, 2.45) is 0 Å². The molecule has 25 heavy (non-hydrogen) atoms. The number of ether oxygens (including phenoxy) is 1. The van der Waals surface area contributed by atoms with Gasteiger partial charge in [-0.2, -0.15) is 0 Å². The van der Waals surface area contributed by atoms with Crippen LogP contribution in [0.15, 0.2) is 55.1 Å². The summed E-state index contributed by atoms with van der Waals surface area (Å²) in [7, 11) is 0. The van der Waals surface area contributed by atoms with Gasteiger partial charge in [-0.3, -0.25) is 4.79 Å². The highest BCUT2D eigenvalue weighted by atomic mass is 35.5. The number of rotatable bonds is 6. The molecule has 0 aliphatic heterocycles. The molecule has 0 aromatic heterocycles. The lowest BCUT2D eigenvalue weighted by atomic mass is 10.1. The van der Waals surface area contributed by atoms with Crippen molar-refractivity contribution in [3.05, 3.63) is 77.1 Å². The Bertz CT molecular complexity index is 824. The zero-order valence-corrected chi connectivity index (χ0v) is 14.3. The lowest BCUT2D eigenvalue weighted by Crippen LogP contribution is -2.24. The van der Waals surface area contributed by atoms with E-state index < -0.39 is 11.7 Å². The molecule has 0 saturated carbocycles. The van der Waals surface area contributed by atoms with Gasteiger partial charge < -0.3 is 10.1 Å². The number of halogens is 2. The van der Waals surface area contributed by atoms with Crippen LogP contribution in [-0.2, 0) is 6.42 Å². The molecule has 0 bridgehead atoms. The lowest BCUT2D eigenvalue weighted by Gasteiger charge is -2.07. The molecule has 2 aromatic rings. The molecular weight excluding hydrogens is 341 g/mol. The van der Waals surface area contributed by atoms with Gasteiger partial charge in [0.25, 0.3) is 5.91 Å². The van der Waals surface area contributed by atoms with Crippen molar-refractivity contribution in [1.29, 1.82) is 0 Å². The van der Waals surface area contributed by atoms with Gasteiger partial charge in [0.2, 0.25) is 0 Å². The van der Waals surface area contributed by atoms with E-state index in [9.17, 15) is 9.18 Å². The molecule has 0 spiro atoms. The summed E-state index contributed by atoms with van der Waals surface area (Å²) in [6.45, 7) is 4.07. The predicted molar refractivity (Wildman–Crippen MR) is 97.4 cm³/mol. The fourth-order valence-electron chi connectivity index (χ4n) is 2.09. The number of hydrogen-bond acceptors (Lipinski definition) is 2. The second kappa shape index (κ2) is 9.51. The summed E-state index contributed by atoms with van der Waals surface area (Å²) in [5, 5.41) is 2.66. The van der Waals surface area contributed by atoms with Crippen molar-refractivity contribution in [3.63, 3.8) is 0 Å². The largest absolute Gasteiger partial charge is 0.481 e. The molecule has 0 radical (unpaired) electrons. The third-order valence-corrected chi connectivity index (χ3v) is 3.59. The molecule has 0 atom stereocenters. The number of hydrogen-bond donors (Lipinski definition) is 1. The topological polar surface area (TPSA) is 38.3 Å². The van der Waals surface area contributed by atoms with E-state index >= 15 is 0 Å². The Hall–Kier alpha value is -2.77. The van der Waals surface area contributed by atoms with Gasteiger partial charge in [-0.1, -0.05) is 47.7 Å². The minimum Gasteiger partial charge on any atom is -0.481 e. The maximum Gasteiger partial charge on any atom is 0.253 e. The van der Waals surface area contributed by atoms with Crippen LogP contribution in [0, 0.1) is 17.7 Å². The van der Waals surface area contributed by atoms with Gasteiger partial charge in [-0.25, -0.2) is 4.39 Å². The second-order valence-electron chi connectivity index (χ2n) is 5.05. The van der Waals surface area contributed by atoms with Gasteiger partial charge in [0.05, 0.1) is 17.1 Å². The van der Waals surface area contributed by atoms with Crippen LogP contribution in [0.1, 0.15) is 15.9 Å². The average Bonchev–Trinajstić information content (AvgIpc) is 2.59. The van der Waals surface area contributed by atoms with Crippen LogP contribution < -0.4 is 10.1 Å². The summed E-state index contributed by atoms with van der Waals surface area (Å²) in [6, 6.07) is 11.3. The van der Waals surface area contributed by atoms with Gasteiger partial charge in [-0.15, -0.1) is 6.58 Å². The van der Waals surface area contributed by atoms with Gasteiger partial charge in [-0.05, 0) is 36.2 Å². The first-order valence-electron chi connectivity index (χ1n) is 7.62. The summed E-state index contributed by atoms with van der Waals surface area (Å²) in [6.07, 6.45) is 2.53. The highest BCUT2D eigenvalue weighted by Gasteiger charge is 2.09. The fraction of sp³-hybridized carbons (Fsp3) is 0.150. The third-order valence-electron chi connectivity index (χ3n) is 3.27. The first-order chi connectivity index (χ1) is 12.1. The smallest absolute Gasteiger partial charge is 0.253 e. The Kier molecular flexibility index (Phi) is 7.06. The number of nitrogens with one attached hydrogen (secondary N) is 1. The van der Waals surface area contributed by atoms with Gasteiger partial charge in [0.1, 0.15) is 18.2 Å². The second-order valence-corrected chi connectivity index (χ2v) is 5.46. The minimum atomic E-state index is -0.491. The molecule has 0 aliphatic rings. The summed E-state index contributed by atoms with van der Waals surface area (Å²) in [4.78, 5) is 11.9. The Morgan fingerprint density at radius 2 is 2.08 bits per heavy atom. The first-order valence-corrected chi connectivity index (χ1v) is 8.00. The molecular formula is C20H17ClFNO2. The zero-order chi connectivity index (χ0) is 18.1. The monoisotopic (exact) mass is 357 g/mol. The van der Waals surface area contributed by atoms with Crippen molar-refractivity contribution in [2.45, 2.75) is 6.42 Å². The zero-order valence-electron chi connectivity index (χ0n) is 13.5. The molecule has 2 aromatic carbocycles. The molecule has 1 N–H and O–H groups in total. The van der Waals surface area contributed by atoms with Gasteiger partial charge in [0, 0.05) is 0 Å². The summed E-state index contributed by atoms with van der Waals surface area (Å²) >= 11 is 5.83. The number of amides is 1. The summed E-state index contributed by atoms with van der Waals surface area (Å²) in [5.74, 6) is 5.49. The molecule has 0 heterocycles. The highest BCUT2D eigenvalue weighted by Crippen LogP contribution is 2.18. The quantitative estimate of drug-likeness (QED) is 0.626. The highest BCUT2D eigenvalue weighted by molar-refractivity contribution is 6.33. The van der Waals surface area contributed by atoms with E-state index in [1.807, 2.05) is 30.3 Å². The van der Waals surface area contributed by atoms with Gasteiger partial charge >= 0.3 is 0 Å². The minimum absolute atomic E-state index is 0.0626. The van der Waals surface area contributed by atoms with E-state index in [0.29, 0.717) is 0 Å². The van der Waals surface area contributed by atoms with Crippen LogP contribution >= 0.6 is 11.6 Å². The Morgan fingerprint density at radius 1 is 1.28 bits per heavy atom. The fourth-order valence-corrected chi connectivity index (χ4v) is 2.34. The van der Waals surface area contributed by atoms with E-state index in [1.54, 1.807) is 0 Å². The van der Waals surface area contributed by atoms with Crippen molar-refractivity contribution in [3.8, 4) is 17.6 Å². The number of benzene rings is 2. The summed E-state index contributed by atoms with van der Waals surface area (Å²) in [5.41, 5.74) is 1.25. The van der Waals surface area contributed by atoms with Crippen LogP contribution in [-0.4, -0.2) is 19.1 Å². The van der Waals surface area contributed by atoms with E-state index in [2.05, 4.69) is 23.7 Å². The standard InChI is InChI=1S/C20H17ClFNO2/c1-2-7-15-8-3-4-9-19(15)25-13-6-5-12-23-20(24)17-11-10-16(22)14-18(17)21/h2-4,8-11,14H,1,7,12-13H2,(H,23,24). The molecule has 0 saturated heterocycles. The molecule has 0 unspecified atom stereocenters. The van der Waals surface area contributed by atoms with Crippen molar-refractivity contribution in [2.75, 3.05) is 13.2 Å². The van der Waals surface area contributed by atoms with Crippen LogP contribution in [0.2, 0.25) is 5.02 Å². The van der Waals surface area contributed by atoms with E-state index in [1.165, 1.54) is 12.1 Å². The first kappa shape index (κ1) is 18.6. The average molecular weight is 358 g/mol. The van der Waals surface area contributed by atoms with Crippen LogP contribution in [0.5, 0.6) is 5.75 Å². The Balaban J connectivity index is 1.81. The number of para-hydroxylation sites is 1. The van der Waals surface area contributed by atoms with E-state index in [0.717, 1.165) is 23.8 Å². The predicted octanol–water partition coefficient (Wildman–Crippen LogP) is 4.02. The normalized spacial score (nSPS) is 9.68. The van der Waals surface area contributed by atoms with Crippen molar-refractivity contribution < 1.29 is 13.9 Å². The Morgan fingerprint density at radius 3 is 2.84 bits per heavy atom. The maximum absolute atomic E-state index is 13.0. The lowest BCUT2D eigenvalue weighted by molar-refractivity contribution is 0.0959. The van der Waals surface area contributed by atoms with E-state index in [4.69, 9.17) is 16.3 Å². The molecule has 2 rings (SSSR count). The van der Waals surface area contributed by atoms with Crippen LogP contribution in [0.4, 0.5) is 4.39 Å². The number of allylic oxidation sites excluding steroid dienone is 1. The molecule has 1 amide bonds. The third kappa shape index (κ3) is 5.66. The maximum atomic E-state index is 13.0. The SMILES string of the molecule is C=CCc1ccccc1OCC#CCNC(=O)c1ccc(F)cc1Cl. The number of carbonyl (C=O) groups excluding carboxylic acids is 1. The summed E-state index contributed by atoms with van der Waals surface area (Å²) < 4.78 is 18.6. The van der Waals surface area contributed by atoms with Crippen LogP contribution in [0.25, 0.3) is 0 Å². The van der Waals surface area contributed by atoms with Crippen molar-refractivity contribution in [1.82, 2.24) is 5.32 Å². The molecule has 0 aliphatic carbocycles. The van der Waals surface area contributed by atoms with Gasteiger partial charge in [0.15, 0.2) is 0 Å². The molecule has 0 fully saturated rings. The van der Waals surface area contributed by atoms with Crippen molar-refractivity contribution >= 4 is 17.5 Å². The molecule has 5 heteroatoms. The molecule has 3 nitrogen and oxygen atoms in total. The van der Waals surface area contributed by atoms with E-state index in [-0.39, 0.29) is 23.7 Å². The Labute approximate surface area is 151 Å². The number of carbonyl (C=O) groups is 1. The molecule has 128 valence electrons.